The van der Waals surface area contributed by atoms with Gasteiger partial charge >= 0.3 is 5.69 Å². The average molecular weight is 384 g/mol. The van der Waals surface area contributed by atoms with Crippen molar-refractivity contribution in [2.24, 2.45) is 0 Å². The lowest BCUT2D eigenvalue weighted by atomic mass is 9.92. The van der Waals surface area contributed by atoms with E-state index >= 15 is 0 Å². The Hall–Kier alpha value is -2.66. The Morgan fingerprint density at radius 1 is 1.32 bits per heavy atom. The highest BCUT2D eigenvalue weighted by Crippen LogP contribution is 2.40. The van der Waals surface area contributed by atoms with Gasteiger partial charge in [-0.05, 0) is 25.8 Å². The summed E-state index contributed by atoms with van der Waals surface area (Å²) in [6.45, 7) is 5.42. The summed E-state index contributed by atoms with van der Waals surface area (Å²) in [6.07, 6.45) is -1.10. The molecule has 1 aliphatic heterocycles. The molecule has 7 nitrogen and oxygen atoms in total. The van der Waals surface area contributed by atoms with E-state index in [9.17, 15) is 14.7 Å². The molecule has 4 atom stereocenters. The van der Waals surface area contributed by atoms with Gasteiger partial charge < -0.3 is 14.6 Å². The smallest absolute Gasteiger partial charge is 0.330 e. The number of aliphatic hydroxyl groups is 1. The normalized spacial score (nSPS) is 26.6. The summed E-state index contributed by atoms with van der Waals surface area (Å²) in [5.74, 6) is 5.87. The van der Waals surface area contributed by atoms with Gasteiger partial charge in [0.05, 0.1) is 6.61 Å². The quantitative estimate of drug-likeness (QED) is 0.762. The minimum Gasteiger partial charge on any atom is -0.386 e. The molecule has 0 aliphatic carbocycles. The van der Waals surface area contributed by atoms with E-state index in [1.165, 1.54) is 10.8 Å². The molecule has 2 heterocycles. The second-order valence-corrected chi connectivity index (χ2v) is 6.81. The molecule has 0 saturated carbocycles. The predicted molar refractivity (Wildman–Crippen MR) is 104 cm³/mol. The van der Waals surface area contributed by atoms with Gasteiger partial charge in [0.15, 0.2) is 11.8 Å². The molecular weight excluding hydrogens is 360 g/mol. The van der Waals surface area contributed by atoms with Crippen LogP contribution in [0.25, 0.3) is 0 Å². The van der Waals surface area contributed by atoms with E-state index in [0.29, 0.717) is 12.0 Å². The first kappa shape index (κ1) is 20.1. The molecule has 1 unspecified atom stereocenters. The zero-order chi connectivity index (χ0) is 20.3. The zero-order valence-electron chi connectivity index (χ0n) is 16.1. The number of aryl methyl sites for hydroxylation is 1. The summed E-state index contributed by atoms with van der Waals surface area (Å²) >= 11 is 0. The fourth-order valence-electron chi connectivity index (χ4n) is 3.45. The SMILES string of the molecule is CC#C[C@]1(CC)O[C@@H](n2cc(C)c(=O)[nH]c2=O)[C@@H](O)C1OCc1ccccc1. The van der Waals surface area contributed by atoms with E-state index in [4.69, 9.17) is 9.47 Å². The number of aromatic amines is 1. The van der Waals surface area contributed by atoms with Crippen LogP contribution in [0.1, 0.15) is 37.6 Å². The fraction of sp³-hybridized carbons (Fsp3) is 0.429. The summed E-state index contributed by atoms with van der Waals surface area (Å²) in [6, 6.07) is 9.58. The van der Waals surface area contributed by atoms with Gasteiger partial charge in [-0.15, -0.1) is 5.92 Å². The Balaban J connectivity index is 1.97. The lowest BCUT2D eigenvalue weighted by Gasteiger charge is -2.28. The summed E-state index contributed by atoms with van der Waals surface area (Å²) in [5, 5.41) is 11.0. The molecule has 1 aliphatic rings. The van der Waals surface area contributed by atoms with Gasteiger partial charge in [0.25, 0.3) is 5.56 Å². The molecule has 0 radical (unpaired) electrons. The molecule has 0 bridgehead atoms. The van der Waals surface area contributed by atoms with Crippen molar-refractivity contribution >= 4 is 0 Å². The highest BCUT2D eigenvalue weighted by molar-refractivity contribution is 5.22. The van der Waals surface area contributed by atoms with Crippen molar-refractivity contribution in [3.05, 3.63) is 68.5 Å². The van der Waals surface area contributed by atoms with Crippen molar-refractivity contribution in [1.29, 1.82) is 0 Å². The predicted octanol–water partition coefficient (Wildman–Crippen LogP) is 1.49. The van der Waals surface area contributed by atoms with Crippen molar-refractivity contribution in [1.82, 2.24) is 9.55 Å². The van der Waals surface area contributed by atoms with E-state index in [1.807, 2.05) is 37.3 Å². The molecule has 2 aromatic rings. The Bertz CT molecular complexity index is 1000. The highest BCUT2D eigenvalue weighted by Gasteiger charge is 2.55. The molecule has 0 spiro atoms. The molecule has 2 N–H and O–H groups in total. The Kier molecular flexibility index (Phi) is 5.84. The molecule has 1 aromatic carbocycles. The maximum Gasteiger partial charge on any atom is 0.330 e. The number of hydrogen-bond acceptors (Lipinski definition) is 5. The van der Waals surface area contributed by atoms with Gasteiger partial charge in [-0.3, -0.25) is 14.3 Å². The molecule has 0 amide bonds. The maximum absolute atomic E-state index is 12.3. The first-order valence-corrected chi connectivity index (χ1v) is 9.19. The number of benzene rings is 1. The van der Waals surface area contributed by atoms with Crippen molar-refractivity contribution in [3.63, 3.8) is 0 Å². The minimum atomic E-state index is -1.15. The summed E-state index contributed by atoms with van der Waals surface area (Å²) in [5.41, 5.74) is -0.909. The third kappa shape index (κ3) is 3.67. The van der Waals surface area contributed by atoms with Crippen LogP contribution in [-0.4, -0.2) is 32.5 Å². The van der Waals surface area contributed by atoms with Crippen LogP contribution in [0.2, 0.25) is 0 Å². The van der Waals surface area contributed by atoms with Crippen LogP contribution in [0.3, 0.4) is 0 Å². The van der Waals surface area contributed by atoms with Crippen LogP contribution >= 0.6 is 0 Å². The van der Waals surface area contributed by atoms with Gasteiger partial charge in [0, 0.05) is 11.8 Å². The summed E-state index contributed by atoms with van der Waals surface area (Å²) in [4.78, 5) is 26.2. The van der Waals surface area contributed by atoms with Crippen LogP contribution < -0.4 is 11.2 Å². The van der Waals surface area contributed by atoms with Gasteiger partial charge in [0.1, 0.15) is 12.2 Å². The lowest BCUT2D eigenvalue weighted by Crippen LogP contribution is -2.44. The zero-order valence-corrected chi connectivity index (χ0v) is 16.1. The van der Waals surface area contributed by atoms with Crippen LogP contribution in [0.4, 0.5) is 0 Å². The first-order valence-electron chi connectivity index (χ1n) is 9.19. The number of nitrogens with zero attached hydrogens (tertiary/aromatic N) is 1. The number of aliphatic hydroxyl groups excluding tert-OH is 1. The average Bonchev–Trinajstić information content (AvgIpc) is 2.96. The molecular formula is C21H24N2O5. The van der Waals surface area contributed by atoms with Gasteiger partial charge in [-0.25, -0.2) is 4.79 Å². The second kappa shape index (κ2) is 8.15. The van der Waals surface area contributed by atoms with E-state index < -0.39 is 35.3 Å². The number of H-pyrrole nitrogens is 1. The molecule has 1 saturated heterocycles. The molecule has 3 rings (SSSR count). The number of ether oxygens (including phenoxy) is 2. The highest BCUT2D eigenvalue weighted by atomic mass is 16.6. The minimum absolute atomic E-state index is 0.269. The Morgan fingerprint density at radius 2 is 2.04 bits per heavy atom. The summed E-state index contributed by atoms with van der Waals surface area (Å²) in [7, 11) is 0. The molecule has 1 aromatic heterocycles. The second-order valence-electron chi connectivity index (χ2n) is 6.81. The first-order chi connectivity index (χ1) is 13.4. The molecule has 28 heavy (non-hydrogen) atoms. The third-order valence-electron chi connectivity index (χ3n) is 4.95. The fourth-order valence-corrected chi connectivity index (χ4v) is 3.45. The van der Waals surface area contributed by atoms with E-state index in [2.05, 4.69) is 16.8 Å². The van der Waals surface area contributed by atoms with E-state index in [-0.39, 0.29) is 6.61 Å². The third-order valence-corrected chi connectivity index (χ3v) is 4.95. The van der Waals surface area contributed by atoms with Crippen LogP contribution in [0.5, 0.6) is 0 Å². The van der Waals surface area contributed by atoms with Crippen molar-refractivity contribution < 1.29 is 14.6 Å². The summed E-state index contributed by atoms with van der Waals surface area (Å²) < 4.78 is 13.3. The maximum atomic E-state index is 12.3. The Labute approximate surface area is 162 Å². The molecule has 148 valence electrons. The standard InChI is InChI=1S/C21H24N2O5/c1-4-11-21(5-2)17(27-13-15-9-7-6-8-10-15)16(24)19(28-21)23-12-14(3)18(25)22-20(23)26/h6-10,12,16-17,19,24H,5,13H2,1-3H3,(H,22,25,26)/t16-,17?,19+,21-/m0/s1. The number of hydrogen-bond donors (Lipinski definition) is 2. The number of nitrogens with one attached hydrogen (secondary N) is 1. The van der Waals surface area contributed by atoms with Crippen molar-refractivity contribution in [3.8, 4) is 11.8 Å². The van der Waals surface area contributed by atoms with Crippen LogP contribution in [0, 0.1) is 18.8 Å². The largest absolute Gasteiger partial charge is 0.386 e. The van der Waals surface area contributed by atoms with Gasteiger partial charge in [0.2, 0.25) is 0 Å². The number of aromatic nitrogens is 2. The van der Waals surface area contributed by atoms with Crippen LogP contribution in [-0.2, 0) is 16.1 Å². The lowest BCUT2D eigenvalue weighted by molar-refractivity contribution is -0.0882. The Morgan fingerprint density at radius 3 is 2.68 bits per heavy atom. The van der Waals surface area contributed by atoms with E-state index in [0.717, 1.165) is 5.56 Å². The van der Waals surface area contributed by atoms with Crippen LogP contribution in [0.15, 0.2) is 46.1 Å². The van der Waals surface area contributed by atoms with Crippen molar-refractivity contribution in [2.45, 2.75) is 57.8 Å². The van der Waals surface area contributed by atoms with Gasteiger partial charge in [-0.2, -0.15) is 0 Å². The topological polar surface area (TPSA) is 93.6 Å². The number of rotatable bonds is 5. The van der Waals surface area contributed by atoms with Crippen molar-refractivity contribution in [2.75, 3.05) is 0 Å². The van der Waals surface area contributed by atoms with E-state index in [1.54, 1.807) is 13.8 Å². The van der Waals surface area contributed by atoms with Gasteiger partial charge in [-0.1, -0.05) is 43.2 Å². The molecule has 7 heteroatoms. The molecule has 1 fully saturated rings. The monoisotopic (exact) mass is 384 g/mol.